The van der Waals surface area contributed by atoms with Crippen LogP contribution in [-0.2, 0) is 4.79 Å². The van der Waals surface area contributed by atoms with Crippen LogP contribution in [0.15, 0.2) is 29.3 Å². The van der Waals surface area contributed by atoms with Gasteiger partial charge in [0.15, 0.2) is 5.96 Å². The van der Waals surface area contributed by atoms with Crippen LogP contribution in [-0.4, -0.2) is 50.8 Å². The molecule has 0 spiro atoms. The fraction of sp³-hybridized carbons (Fsp3) is 0.556. The number of nitrogens with zero attached hydrogens (tertiary/aromatic N) is 1. The molecule has 0 saturated carbocycles. The van der Waals surface area contributed by atoms with E-state index in [0.717, 1.165) is 11.5 Å². The molecule has 25 heavy (non-hydrogen) atoms. The molecule has 0 unspecified atom stereocenters. The van der Waals surface area contributed by atoms with Crippen LogP contribution >= 0.6 is 0 Å². The number of aliphatic imine (C=N–C) groups is 1. The van der Waals surface area contributed by atoms with Crippen molar-refractivity contribution in [3.8, 4) is 11.5 Å². The summed E-state index contributed by atoms with van der Waals surface area (Å²) in [6, 6.07) is 7.44. The van der Waals surface area contributed by atoms with Crippen molar-refractivity contribution < 1.29 is 14.3 Å². The fourth-order valence-corrected chi connectivity index (χ4v) is 1.98. The smallest absolute Gasteiger partial charge is 0.242 e. The minimum atomic E-state index is -0.261. The number of benzene rings is 1. The molecule has 0 saturated heterocycles. The van der Waals surface area contributed by atoms with Crippen LogP contribution in [0.1, 0.15) is 27.7 Å². The highest BCUT2D eigenvalue weighted by Gasteiger charge is 2.13. The Kier molecular flexibility index (Phi) is 8.60. The summed E-state index contributed by atoms with van der Waals surface area (Å²) < 4.78 is 10.8. The Morgan fingerprint density at radius 1 is 1.20 bits per heavy atom. The number of ether oxygens (including phenoxy) is 2. The molecule has 7 nitrogen and oxygen atoms in total. The third-order valence-corrected chi connectivity index (χ3v) is 2.94. The standard InChI is InChI=1S/C18H30N4O3/c1-6-19-17(21-13-16(23)22-18(2,3)4)20-10-11-25-15-9-7-8-14(12-15)24-5/h7-9,12H,6,10-11,13H2,1-5H3,(H,22,23)(H2,19,20,21). The number of hydrogen-bond donors (Lipinski definition) is 3. The van der Waals surface area contributed by atoms with E-state index in [1.165, 1.54) is 0 Å². The molecule has 0 aliphatic rings. The number of amides is 1. The lowest BCUT2D eigenvalue weighted by molar-refractivity contribution is -0.121. The molecule has 1 amide bonds. The lowest BCUT2D eigenvalue weighted by Crippen LogP contribution is -2.43. The minimum absolute atomic E-state index is 0.0728. The Morgan fingerprint density at radius 2 is 1.92 bits per heavy atom. The molecule has 0 fully saturated rings. The normalized spacial score (nSPS) is 11.6. The predicted molar refractivity (Wildman–Crippen MR) is 100 cm³/mol. The van der Waals surface area contributed by atoms with Gasteiger partial charge in [0.05, 0.1) is 13.7 Å². The van der Waals surface area contributed by atoms with Gasteiger partial charge in [-0.15, -0.1) is 0 Å². The first-order valence-corrected chi connectivity index (χ1v) is 8.44. The molecule has 1 aromatic rings. The summed E-state index contributed by atoms with van der Waals surface area (Å²) in [5.41, 5.74) is -0.261. The molecule has 0 radical (unpaired) electrons. The zero-order valence-electron chi connectivity index (χ0n) is 15.8. The third-order valence-electron chi connectivity index (χ3n) is 2.94. The maximum absolute atomic E-state index is 11.8. The summed E-state index contributed by atoms with van der Waals surface area (Å²) in [6.45, 7) is 9.59. The van der Waals surface area contributed by atoms with Gasteiger partial charge in [0, 0.05) is 18.2 Å². The summed E-state index contributed by atoms with van der Waals surface area (Å²) in [4.78, 5) is 16.1. The van der Waals surface area contributed by atoms with Gasteiger partial charge >= 0.3 is 0 Å². The molecule has 1 aromatic carbocycles. The van der Waals surface area contributed by atoms with E-state index < -0.39 is 0 Å². The molecule has 140 valence electrons. The van der Waals surface area contributed by atoms with Crippen LogP contribution in [0, 0.1) is 0 Å². The first kappa shape index (κ1) is 20.6. The number of nitrogens with one attached hydrogen (secondary N) is 3. The van der Waals surface area contributed by atoms with Gasteiger partial charge in [-0.2, -0.15) is 0 Å². The van der Waals surface area contributed by atoms with Crippen molar-refractivity contribution in [1.82, 2.24) is 16.0 Å². The van der Waals surface area contributed by atoms with Crippen molar-refractivity contribution in [1.29, 1.82) is 0 Å². The molecule has 7 heteroatoms. The second-order valence-corrected chi connectivity index (χ2v) is 6.45. The zero-order chi connectivity index (χ0) is 18.7. The largest absolute Gasteiger partial charge is 0.497 e. The highest BCUT2D eigenvalue weighted by atomic mass is 16.5. The van der Waals surface area contributed by atoms with Crippen molar-refractivity contribution in [3.05, 3.63) is 24.3 Å². The first-order chi connectivity index (χ1) is 11.8. The Balaban J connectivity index is 2.41. The maximum Gasteiger partial charge on any atom is 0.242 e. The number of carbonyl (C=O) groups is 1. The summed E-state index contributed by atoms with van der Waals surface area (Å²) >= 11 is 0. The maximum atomic E-state index is 11.8. The minimum Gasteiger partial charge on any atom is -0.497 e. The number of guanidine groups is 1. The molecule has 0 atom stereocenters. The monoisotopic (exact) mass is 350 g/mol. The van der Waals surface area contributed by atoms with E-state index in [9.17, 15) is 4.79 Å². The van der Waals surface area contributed by atoms with Crippen LogP contribution in [0.4, 0.5) is 0 Å². The van der Waals surface area contributed by atoms with E-state index in [4.69, 9.17) is 9.47 Å². The third kappa shape index (κ3) is 9.44. The van der Waals surface area contributed by atoms with E-state index in [-0.39, 0.29) is 18.0 Å². The molecule has 0 heterocycles. The van der Waals surface area contributed by atoms with Gasteiger partial charge in [0.1, 0.15) is 24.7 Å². The average Bonchev–Trinajstić information content (AvgIpc) is 2.55. The van der Waals surface area contributed by atoms with Crippen LogP contribution in [0.2, 0.25) is 0 Å². The van der Waals surface area contributed by atoms with Gasteiger partial charge in [0.2, 0.25) is 5.91 Å². The van der Waals surface area contributed by atoms with Crippen molar-refractivity contribution >= 4 is 11.9 Å². The summed E-state index contributed by atoms with van der Waals surface area (Å²) in [6.07, 6.45) is 0. The first-order valence-electron chi connectivity index (χ1n) is 8.44. The fourth-order valence-electron chi connectivity index (χ4n) is 1.98. The number of methoxy groups -OCH3 is 1. The van der Waals surface area contributed by atoms with Crippen molar-refractivity contribution in [2.45, 2.75) is 33.2 Å². The lowest BCUT2D eigenvalue weighted by atomic mass is 10.1. The molecule has 0 bridgehead atoms. The quantitative estimate of drug-likeness (QED) is 0.376. The Labute approximate surface area is 150 Å². The zero-order valence-corrected chi connectivity index (χ0v) is 15.8. The highest BCUT2D eigenvalue weighted by Crippen LogP contribution is 2.18. The van der Waals surface area contributed by atoms with Gasteiger partial charge in [-0.1, -0.05) is 6.07 Å². The van der Waals surface area contributed by atoms with Crippen LogP contribution in [0.5, 0.6) is 11.5 Å². The summed E-state index contributed by atoms with van der Waals surface area (Å²) in [5, 5.41) is 9.12. The van der Waals surface area contributed by atoms with Crippen LogP contribution < -0.4 is 25.4 Å². The Morgan fingerprint density at radius 3 is 2.56 bits per heavy atom. The number of rotatable bonds is 8. The predicted octanol–water partition coefficient (Wildman–Crippen LogP) is 1.54. The lowest BCUT2D eigenvalue weighted by Gasteiger charge is -2.20. The van der Waals surface area contributed by atoms with E-state index in [0.29, 0.717) is 25.7 Å². The molecule has 0 aliphatic heterocycles. The molecule has 1 rings (SSSR count). The second-order valence-electron chi connectivity index (χ2n) is 6.45. The Bertz CT molecular complexity index is 568. The second kappa shape index (κ2) is 10.4. The topological polar surface area (TPSA) is 84.0 Å². The highest BCUT2D eigenvalue weighted by molar-refractivity contribution is 5.85. The average molecular weight is 350 g/mol. The summed E-state index contributed by atoms with van der Waals surface area (Å²) in [7, 11) is 1.62. The SMILES string of the molecule is CCNC(=NCC(=O)NC(C)(C)C)NCCOc1cccc(OC)c1. The molecular formula is C18H30N4O3. The van der Waals surface area contributed by atoms with Gasteiger partial charge in [-0.3, -0.25) is 4.79 Å². The summed E-state index contributed by atoms with van der Waals surface area (Å²) in [5.74, 6) is 1.97. The van der Waals surface area contributed by atoms with Gasteiger partial charge in [-0.25, -0.2) is 4.99 Å². The van der Waals surface area contributed by atoms with E-state index in [1.807, 2.05) is 52.0 Å². The molecule has 0 aliphatic carbocycles. The van der Waals surface area contributed by atoms with E-state index >= 15 is 0 Å². The van der Waals surface area contributed by atoms with Gasteiger partial charge in [0.25, 0.3) is 0 Å². The van der Waals surface area contributed by atoms with Gasteiger partial charge in [-0.05, 0) is 39.8 Å². The Hall–Kier alpha value is -2.44. The van der Waals surface area contributed by atoms with Gasteiger partial charge < -0.3 is 25.4 Å². The van der Waals surface area contributed by atoms with E-state index in [2.05, 4.69) is 20.9 Å². The number of carbonyl (C=O) groups excluding carboxylic acids is 1. The molecule has 3 N–H and O–H groups in total. The molecular weight excluding hydrogens is 320 g/mol. The van der Waals surface area contributed by atoms with Crippen molar-refractivity contribution in [2.75, 3.05) is 33.4 Å². The van der Waals surface area contributed by atoms with E-state index in [1.54, 1.807) is 7.11 Å². The van der Waals surface area contributed by atoms with Crippen LogP contribution in [0.3, 0.4) is 0 Å². The number of hydrogen-bond acceptors (Lipinski definition) is 4. The molecule has 0 aromatic heterocycles. The van der Waals surface area contributed by atoms with Crippen LogP contribution in [0.25, 0.3) is 0 Å². The van der Waals surface area contributed by atoms with Crippen molar-refractivity contribution in [3.63, 3.8) is 0 Å². The van der Waals surface area contributed by atoms with Crippen molar-refractivity contribution in [2.24, 2.45) is 4.99 Å².